The minimum atomic E-state index is -0.228. The summed E-state index contributed by atoms with van der Waals surface area (Å²) in [4.78, 5) is 16.1. The highest BCUT2D eigenvalue weighted by Crippen LogP contribution is 2.17. The van der Waals surface area contributed by atoms with E-state index < -0.39 is 0 Å². The predicted molar refractivity (Wildman–Crippen MR) is 79.3 cm³/mol. The van der Waals surface area contributed by atoms with E-state index in [2.05, 4.69) is 26.2 Å². The number of carbonyl (C=O) groups excluding carboxylic acids is 1. The van der Waals surface area contributed by atoms with Crippen molar-refractivity contribution in [3.8, 4) is 0 Å². The molecular weight excluding hydrogens is 328 g/mol. The molecule has 2 aromatic rings. The van der Waals surface area contributed by atoms with Crippen LogP contribution in [0.15, 0.2) is 41.0 Å². The Bertz CT molecular complexity index is 616. The Hall–Kier alpha value is -1.39. The van der Waals surface area contributed by atoms with Gasteiger partial charge in [0.2, 0.25) is 0 Å². The third-order valence-corrected chi connectivity index (χ3v) is 3.72. The Morgan fingerprint density at radius 1 is 1.42 bits per heavy atom. The highest BCUT2D eigenvalue weighted by molar-refractivity contribution is 9.10. The molecule has 1 heterocycles. The molecule has 19 heavy (non-hydrogen) atoms. The van der Waals surface area contributed by atoms with Crippen LogP contribution in [0.1, 0.15) is 21.6 Å². The van der Waals surface area contributed by atoms with E-state index in [9.17, 15) is 4.79 Å². The van der Waals surface area contributed by atoms with Gasteiger partial charge in [0, 0.05) is 22.9 Å². The van der Waals surface area contributed by atoms with Crippen molar-refractivity contribution in [2.75, 3.05) is 0 Å². The van der Waals surface area contributed by atoms with E-state index in [-0.39, 0.29) is 5.91 Å². The number of rotatable bonds is 3. The average molecular weight is 340 g/mol. The molecule has 98 valence electrons. The van der Waals surface area contributed by atoms with Crippen LogP contribution in [0.2, 0.25) is 5.02 Å². The third-order valence-electron chi connectivity index (χ3n) is 2.63. The minimum absolute atomic E-state index is 0.228. The largest absolute Gasteiger partial charge is 0.348 e. The summed E-state index contributed by atoms with van der Waals surface area (Å²) in [5, 5.41) is 3.24. The lowest BCUT2D eigenvalue weighted by Gasteiger charge is -2.08. The first-order valence-electron chi connectivity index (χ1n) is 5.71. The van der Waals surface area contributed by atoms with Crippen LogP contribution in [-0.4, -0.2) is 10.9 Å². The standard InChI is InChI=1S/C14H12BrClN2O/c1-9-6-13(16)11(8-17-9)14(19)18-7-10-4-2-3-5-12(10)15/h2-6,8H,7H2,1H3,(H,18,19). The molecule has 1 amide bonds. The zero-order chi connectivity index (χ0) is 13.8. The molecule has 1 N–H and O–H groups in total. The van der Waals surface area contributed by atoms with Gasteiger partial charge in [-0.1, -0.05) is 45.7 Å². The molecule has 0 bridgehead atoms. The second kappa shape index (κ2) is 6.17. The van der Waals surface area contributed by atoms with Crippen molar-refractivity contribution >= 4 is 33.4 Å². The maximum atomic E-state index is 12.0. The maximum Gasteiger partial charge on any atom is 0.254 e. The summed E-state index contributed by atoms with van der Waals surface area (Å²) in [6, 6.07) is 9.40. The predicted octanol–water partition coefficient (Wildman–Crippen LogP) is 3.74. The lowest BCUT2D eigenvalue weighted by molar-refractivity contribution is 0.0950. The molecule has 0 radical (unpaired) electrons. The van der Waals surface area contributed by atoms with Gasteiger partial charge in [0.25, 0.3) is 5.91 Å². The van der Waals surface area contributed by atoms with Crippen LogP contribution in [0.5, 0.6) is 0 Å². The monoisotopic (exact) mass is 338 g/mol. The van der Waals surface area contributed by atoms with Crippen LogP contribution in [0, 0.1) is 6.92 Å². The van der Waals surface area contributed by atoms with Gasteiger partial charge >= 0.3 is 0 Å². The SMILES string of the molecule is Cc1cc(Cl)c(C(=O)NCc2ccccc2Br)cn1. The van der Waals surface area contributed by atoms with E-state index in [0.29, 0.717) is 17.1 Å². The van der Waals surface area contributed by atoms with Crippen molar-refractivity contribution in [3.63, 3.8) is 0 Å². The topological polar surface area (TPSA) is 42.0 Å². The smallest absolute Gasteiger partial charge is 0.254 e. The Balaban J connectivity index is 2.08. The first-order valence-corrected chi connectivity index (χ1v) is 6.89. The van der Waals surface area contributed by atoms with Crippen molar-refractivity contribution in [1.82, 2.24) is 10.3 Å². The summed E-state index contributed by atoms with van der Waals surface area (Å²) >= 11 is 9.46. The number of aryl methyl sites for hydroxylation is 1. The summed E-state index contributed by atoms with van der Waals surface area (Å²) in [6.45, 7) is 2.26. The average Bonchev–Trinajstić information content (AvgIpc) is 2.37. The molecule has 0 spiro atoms. The van der Waals surface area contributed by atoms with E-state index in [0.717, 1.165) is 15.7 Å². The first kappa shape index (κ1) is 14.0. The summed E-state index contributed by atoms with van der Waals surface area (Å²) in [5.41, 5.74) is 2.18. The second-order valence-electron chi connectivity index (χ2n) is 4.08. The van der Waals surface area contributed by atoms with Gasteiger partial charge in [-0.05, 0) is 24.6 Å². The van der Waals surface area contributed by atoms with E-state index in [1.54, 1.807) is 6.07 Å². The number of hydrogen-bond donors (Lipinski definition) is 1. The number of benzene rings is 1. The molecule has 1 aromatic heterocycles. The van der Waals surface area contributed by atoms with Crippen LogP contribution in [-0.2, 0) is 6.54 Å². The van der Waals surface area contributed by atoms with Crippen molar-refractivity contribution in [1.29, 1.82) is 0 Å². The van der Waals surface area contributed by atoms with Crippen molar-refractivity contribution < 1.29 is 4.79 Å². The number of aromatic nitrogens is 1. The van der Waals surface area contributed by atoms with Gasteiger partial charge in [-0.3, -0.25) is 9.78 Å². The van der Waals surface area contributed by atoms with Gasteiger partial charge in [0.15, 0.2) is 0 Å². The van der Waals surface area contributed by atoms with Crippen molar-refractivity contribution in [2.45, 2.75) is 13.5 Å². The fourth-order valence-corrected chi connectivity index (χ4v) is 2.32. The summed E-state index contributed by atoms with van der Waals surface area (Å²) < 4.78 is 0.962. The Morgan fingerprint density at radius 3 is 2.84 bits per heavy atom. The summed E-state index contributed by atoms with van der Waals surface area (Å²) in [7, 11) is 0. The summed E-state index contributed by atoms with van der Waals surface area (Å²) in [6.07, 6.45) is 1.49. The van der Waals surface area contributed by atoms with Gasteiger partial charge in [-0.15, -0.1) is 0 Å². The molecule has 0 saturated carbocycles. The lowest BCUT2D eigenvalue weighted by Crippen LogP contribution is -2.23. The van der Waals surface area contributed by atoms with Gasteiger partial charge in [-0.25, -0.2) is 0 Å². The van der Waals surface area contributed by atoms with E-state index in [1.165, 1.54) is 6.20 Å². The Kier molecular flexibility index (Phi) is 4.56. The Labute approximate surface area is 125 Å². The number of nitrogens with one attached hydrogen (secondary N) is 1. The van der Waals surface area contributed by atoms with Crippen LogP contribution in [0.3, 0.4) is 0 Å². The summed E-state index contributed by atoms with van der Waals surface area (Å²) in [5.74, 6) is -0.228. The quantitative estimate of drug-likeness (QED) is 0.925. The van der Waals surface area contributed by atoms with Crippen LogP contribution >= 0.6 is 27.5 Å². The van der Waals surface area contributed by atoms with E-state index in [4.69, 9.17) is 11.6 Å². The van der Waals surface area contributed by atoms with Crippen molar-refractivity contribution in [3.05, 3.63) is 62.8 Å². The fourth-order valence-electron chi connectivity index (χ4n) is 1.61. The molecule has 2 rings (SSSR count). The van der Waals surface area contributed by atoms with Crippen LogP contribution in [0.25, 0.3) is 0 Å². The number of amides is 1. The number of hydrogen-bond acceptors (Lipinski definition) is 2. The molecule has 0 saturated heterocycles. The van der Waals surface area contributed by atoms with E-state index >= 15 is 0 Å². The molecule has 0 unspecified atom stereocenters. The molecule has 0 fully saturated rings. The van der Waals surface area contributed by atoms with E-state index in [1.807, 2.05) is 31.2 Å². The molecule has 1 aromatic carbocycles. The van der Waals surface area contributed by atoms with Crippen LogP contribution in [0.4, 0.5) is 0 Å². The lowest BCUT2D eigenvalue weighted by atomic mass is 10.2. The normalized spacial score (nSPS) is 10.3. The minimum Gasteiger partial charge on any atom is -0.348 e. The zero-order valence-corrected chi connectivity index (χ0v) is 12.6. The van der Waals surface area contributed by atoms with Gasteiger partial charge < -0.3 is 5.32 Å². The highest BCUT2D eigenvalue weighted by Gasteiger charge is 2.11. The molecular formula is C14H12BrClN2O. The van der Waals surface area contributed by atoms with Crippen LogP contribution < -0.4 is 5.32 Å². The number of halogens is 2. The second-order valence-corrected chi connectivity index (χ2v) is 5.34. The zero-order valence-electron chi connectivity index (χ0n) is 10.3. The molecule has 5 heteroatoms. The third kappa shape index (κ3) is 3.55. The van der Waals surface area contributed by atoms with Gasteiger partial charge in [0.05, 0.1) is 10.6 Å². The highest BCUT2D eigenvalue weighted by atomic mass is 79.9. The molecule has 0 atom stereocenters. The first-order chi connectivity index (χ1) is 9.08. The van der Waals surface area contributed by atoms with Gasteiger partial charge in [-0.2, -0.15) is 0 Å². The molecule has 0 aliphatic rings. The number of carbonyl (C=O) groups is 1. The fraction of sp³-hybridized carbons (Fsp3) is 0.143. The number of nitrogens with zero attached hydrogens (tertiary/aromatic N) is 1. The van der Waals surface area contributed by atoms with Crippen molar-refractivity contribution in [2.24, 2.45) is 0 Å². The molecule has 0 aliphatic carbocycles. The maximum absolute atomic E-state index is 12.0. The Morgan fingerprint density at radius 2 is 2.16 bits per heavy atom. The molecule has 0 aliphatic heterocycles. The number of pyridine rings is 1. The molecule has 3 nitrogen and oxygen atoms in total. The van der Waals surface area contributed by atoms with Gasteiger partial charge in [0.1, 0.15) is 0 Å².